The average Bonchev–Trinajstić information content (AvgIpc) is 3.07. The number of carbonyl (C=O) groups excluding carboxylic acids is 2. The van der Waals surface area contributed by atoms with E-state index in [9.17, 15) is 19.5 Å². The van der Waals surface area contributed by atoms with Gasteiger partial charge in [-0.05, 0) is 79.9 Å². The van der Waals surface area contributed by atoms with Crippen LogP contribution in [0.5, 0.6) is 23.0 Å². The first kappa shape index (κ1) is 35.1. The van der Waals surface area contributed by atoms with E-state index >= 15 is 0 Å². The number of methoxy groups -OCH3 is 1. The number of hydrogen-bond acceptors (Lipinski definition) is 11. The van der Waals surface area contributed by atoms with Crippen LogP contribution in [0.4, 0.5) is 4.79 Å². The molecule has 254 valence electrons. The van der Waals surface area contributed by atoms with Crippen molar-refractivity contribution < 1.29 is 48.3 Å². The minimum atomic E-state index is -1.18. The quantitative estimate of drug-likeness (QED) is 0.0649. The fourth-order valence-electron chi connectivity index (χ4n) is 4.72. The first-order valence-corrected chi connectivity index (χ1v) is 15.1. The number of urea groups is 1. The summed E-state index contributed by atoms with van der Waals surface area (Å²) in [6.07, 6.45) is 0.319. The van der Waals surface area contributed by atoms with E-state index in [0.29, 0.717) is 53.0 Å². The highest BCUT2D eigenvalue weighted by Crippen LogP contribution is 2.35. The summed E-state index contributed by atoms with van der Waals surface area (Å²) in [6, 6.07) is 15.4. The van der Waals surface area contributed by atoms with E-state index < -0.39 is 30.2 Å². The predicted octanol–water partition coefficient (Wildman–Crippen LogP) is 3.88. The molecule has 14 nitrogen and oxygen atoms in total. The van der Waals surface area contributed by atoms with Crippen LogP contribution in [0, 0.1) is 0 Å². The normalized spacial score (nSPS) is 14.9. The summed E-state index contributed by atoms with van der Waals surface area (Å²) in [4.78, 5) is 35.7. The number of nitrogens with one attached hydrogen (secondary N) is 3. The Labute approximate surface area is 277 Å². The molecule has 0 spiro atoms. The van der Waals surface area contributed by atoms with Gasteiger partial charge in [0, 0.05) is 5.70 Å². The molecule has 0 radical (unpaired) electrons. The molecule has 2 atom stereocenters. The highest BCUT2D eigenvalue weighted by molar-refractivity contribution is 5.95. The summed E-state index contributed by atoms with van der Waals surface area (Å²) in [5, 5.41) is 29.0. The number of rotatable bonds is 16. The number of carboxylic acid groups (broad SMARTS) is 1. The number of benzene rings is 3. The molecule has 1 heterocycles. The Balaban J connectivity index is 1.36. The molecule has 0 saturated carbocycles. The number of ether oxygens (including phenoxy) is 5. The number of aromatic carboxylic acids is 1. The van der Waals surface area contributed by atoms with Crippen molar-refractivity contribution in [3.05, 3.63) is 94.2 Å². The van der Waals surface area contributed by atoms with Gasteiger partial charge in [-0.15, -0.1) is 0 Å². The Morgan fingerprint density at radius 3 is 2.27 bits per heavy atom. The highest BCUT2D eigenvalue weighted by atomic mass is 16.5. The molecule has 14 heteroatoms. The zero-order valence-corrected chi connectivity index (χ0v) is 26.9. The second-order valence-corrected chi connectivity index (χ2v) is 10.3. The molecule has 48 heavy (non-hydrogen) atoms. The smallest absolute Gasteiger partial charge is 0.337 e. The van der Waals surface area contributed by atoms with E-state index in [1.54, 1.807) is 62.4 Å². The van der Waals surface area contributed by atoms with Crippen LogP contribution in [0.2, 0.25) is 0 Å². The van der Waals surface area contributed by atoms with Gasteiger partial charge in [0.2, 0.25) is 0 Å². The van der Waals surface area contributed by atoms with E-state index in [2.05, 4.69) is 21.2 Å². The summed E-state index contributed by atoms with van der Waals surface area (Å²) in [7, 11) is 1.27. The van der Waals surface area contributed by atoms with Gasteiger partial charge in [0.25, 0.3) is 0 Å². The average molecular weight is 663 g/mol. The van der Waals surface area contributed by atoms with Crippen molar-refractivity contribution in [2.45, 2.75) is 39.6 Å². The molecule has 0 unspecified atom stereocenters. The Hall–Kier alpha value is -5.76. The standard InChI is InChI=1S/C34H38N4O10/c1-5-45-27-15-22(9-13-25(27)47-18-21-7-10-23(11-8-21)32(40)41)17-35-38-29(39)19-48-26-14-12-24(16-28(26)46-6-2)31-30(33(42)44-4)20(3)36-34(43)37-31/h7-17,29,31,38-39H,5-6,18-19H2,1-4H3,(H,40,41)(H2,36,37,43)/b35-17-/t29-,31+/m1/s1. The Bertz CT molecular complexity index is 1670. The lowest BCUT2D eigenvalue weighted by atomic mass is 9.95. The maximum atomic E-state index is 12.5. The predicted molar refractivity (Wildman–Crippen MR) is 174 cm³/mol. The minimum Gasteiger partial charge on any atom is -0.490 e. The lowest BCUT2D eigenvalue weighted by Crippen LogP contribution is -2.45. The summed E-state index contributed by atoms with van der Waals surface area (Å²) in [5.41, 5.74) is 5.48. The molecule has 2 amide bonds. The SMILES string of the molecule is CCOc1cc(/C=N\N[C@H](O)COc2ccc([C@@H]3NC(=O)NC(C)=C3C(=O)OC)cc2OCC)ccc1OCc1ccc(C(=O)O)cc1. The van der Waals surface area contributed by atoms with Gasteiger partial charge in [0.05, 0.1) is 43.7 Å². The van der Waals surface area contributed by atoms with Gasteiger partial charge in [-0.3, -0.25) is 5.43 Å². The van der Waals surface area contributed by atoms with Crippen molar-refractivity contribution in [3.8, 4) is 23.0 Å². The van der Waals surface area contributed by atoms with Gasteiger partial charge in [-0.1, -0.05) is 18.2 Å². The first-order valence-electron chi connectivity index (χ1n) is 15.1. The second-order valence-electron chi connectivity index (χ2n) is 10.3. The summed E-state index contributed by atoms with van der Waals surface area (Å²) >= 11 is 0. The van der Waals surface area contributed by atoms with Crippen molar-refractivity contribution in [1.82, 2.24) is 16.1 Å². The van der Waals surface area contributed by atoms with Crippen LogP contribution in [0.25, 0.3) is 0 Å². The lowest BCUT2D eigenvalue weighted by Gasteiger charge is -2.28. The summed E-state index contributed by atoms with van der Waals surface area (Å²) in [6.45, 7) is 6.02. The fraction of sp³-hybridized carbons (Fsp3) is 0.294. The number of aliphatic hydroxyl groups is 1. The molecule has 1 aliphatic rings. The van der Waals surface area contributed by atoms with E-state index in [1.807, 2.05) is 6.92 Å². The molecule has 0 bridgehead atoms. The molecule has 0 saturated heterocycles. The number of nitrogens with zero attached hydrogens (tertiary/aromatic N) is 1. The zero-order chi connectivity index (χ0) is 34.6. The molecule has 0 fully saturated rings. The molecule has 5 N–H and O–H groups in total. The largest absolute Gasteiger partial charge is 0.490 e. The van der Waals surface area contributed by atoms with Crippen LogP contribution in [0.3, 0.4) is 0 Å². The van der Waals surface area contributed by atoms with Gasteiger partial charge in [-0.2, -0.15) is 5.10 Å². The fourth-order valence-corrected chi connectivity index (χ4v) is 4.72. The van der Waals surface area contributed by atoms with Gasteiger partial charge in [-0.25, -0.2) is 14.4 Å². The Morgan fingerprint density at radius 1 is 0.938 bits per heavy atom. The van der Waals surface area contributed by atoms with Crippen molar-refractivity contribution in [3.63, 3.8) is 0 Å². The molecule has 0 aliphatic carbocycles. The van der Waals surface area contributed by atoms with E-state index in [-0.39, 0.29) is 24.4 Å². The zero-order valence-electron chi connectivity index (χ0n) is 26.9. The highest BCUT2D eigenvalue weighted by Gasteiger charge is 2.32. The molecule has 3 aromatic carbocycles. The number of aliphatic hydroxyl groups excluding tert-OH is 1. The van der Waals surface area contributed by atoms with Gasteiger partial charge < -0.3 is 44.5 Å². The van der Waals surface area contributed by atoms with Crippen molar-refractivity contribution in [2.24, 2.45) is 5.10 Å². The third kappa shape index (κ3) is 9.16. The maximum Gasteiger partial charge on any atom is 0.337 e. The number of amides is 2. The number of allylic oxidation sites excluding steroid dienone is 1. The number of esters is 1. The van der Waals surface area contributed by atoms with Crippen LogP contribution in [-0.4, -0.2) is 67.6 Å². The van der Waals surface area contributed by atoms with Crippen LogP contribution in [0.1, 0.15) is 53.9 Å². The van der Waals surface area contributed by atoms with Gasteiger partial charge in [0.15, 0.2) is 29.2 Å². The third-order valence-electron chi connectivity index (χ3n) is 6.97. The second kappa shape index (κ2) is 16.7. The molecule has 0 aromatic heterocycles. The monoisotopic (exact) mass is 662 g/mol. The molecule has 4 rings (SSSR count). The van der Waals surface area contributed by atoms with Crippen molar-refractivity contribution in [2.75, 3.05) is 26.9 Å². The van der Waals surface area contributed by atoms with E-state index in [0.717, 1.165) is 5.56 Å². The molecule has 1 aliphatic heterocycles. The van der Waals surface area contributed by atoms with Crippen LogP contribution in [0.15, 0.2) is 77.0 Å². The number of hydrogen-bond donors (Lipinski definition) is 5. The van der Waals surface area contributed by atoms with E-state index in [4.69, 9.17) is 28.8 Å². The Morgan fingerprint density at radius 2 is 1.60 bits per heavy atom. The number of hydrazone groups is 1. The van der Waals surface area contributed by atoms with Gasteiger partial charge in [0.1, 0.15) is 13.2 Å². The minimum absolute atomic E-state index is 0.183. The maximum absolute atomic E-state index is 12.5. The molecule has 3 aromatic rings. The Kier molecular flexibility index (Phi) is 12.2. The third-order valence-corrected chi connectivity index (χ3v) is 6.97. The number of carbonyl (C=O) groups is 3. The summed E-state index contributed by atoms with van der Waals surface area (Å²) < 4.78 is 28.1. The van der Waals surface area contributed by atoms with Crippen LogP contribution in [-0.2, 0) is 16.1 Å². The van der Waals surface area contributed by atoms with E-state index in [1.165, 1.54) is 25.5 Å². The molecular weight excluding hydrogens is 624 g/mol. The van der Waals surface area contributed by atoms with Crippen LogP contribution >= 0.6 is 0 Å². The van der Waals surface area contributed by atoms with Crippen LogP contribution < -0.4 is 35.0 Å². The number of carboxylic acids is 1. The van der Waals surface area contributed by atoms with Gasteiger partial charge >= 0.3 is 18.0 Å². The van der Waals surface area contributed by atoms with Crippen molar-refractivity contribution >= 4 is 24.2 Å². The summed E-state index contributed by atoms with van der Waals surface area (Å²) in [5.74, 6) is 0.102. The van der Waals surface area contributed by atoms with Crippen molar-refractivity contribution in [1.29, 1.82) is 0 Å². The topological polar surface area (TPSA) is 186 Å². The molecular formula is C34H38N4O10. The first-order chi connectivity index (χ1) is 23.1. The lowest BCUT2D eigenvalue weighted by molar-refractivity contribution is -0.136.